The number of fused-ring (bicyclic) bond motifs is 1. The van der Waals surface area contributed by atoms with E-state index in [2.05, 4.69) is 0 Å². The zero-order chi connectivity index (χ0) is 17.1. The van der Waals surface area contributed by atoms with E-state index >= 15 is 0 Å². The minimum atomic E-state index is -0.439. The van der Waals surface area contributed by atoms with E-state index in [1.807, 2.05) is 24.4 Å². The zero-order valence-electron chi connectivity index (χ0n) is 13.3. The van der Waals surface area contributed by atoms with Crippen molar-refractivity contribution in [3.05, 3.63) is 51.4 Å². The van der Waals surface area contributed by atoms with Crippen LogP contribution < -0.4 is 9.47 Å². The van der Waals surface area contributed by atoms with E-state index in [0.29, 0.717) is 23.7 Å². The zero-order valence-corrected chi connectivity index (χ0v) is 14.1. The number of hydrogen-bond acceptors (Lipinski definition) is 6. The molecule has 3 rings (SSSR count). The lowest BCUT2D eigenvalue weighted by atomic mass is 10.0. The van der Waals surface area contributed by atoms with Crippen LogP contribution in [0.25, 0.3) is 6.08 Å². The Morgan fingerprint density at radius 2 is 2.21 bits per heavy atom. The SMILES string of the molecule is CCOC(=O)COc1cc(C)c2c(c1)O/C(=C\c1cccs1)C2=O. The minimum absolute atomic E-state index is 0.146. The first kappa shape index (κ1) is 16.3. The van der Waals surface area contributed by atoms with Gasteiger partial charge in [0.2, 0.25) is 5.78 Å². The molecule has 2 heterocycles. The Kier molecular flexibility index (Phi) is 4.66. The standard InChI is InChI=1S/C18H16O5S/c1-3-21-16(19)10-22-12-7-11(2)17-14(8-12)23-15(18(17)20)9-13-5-4-6-24-13/h4-9H,3,10H2,1-2H3/b15-9-. The van der Waals surface area contributed by atoms with Gasteiger partial charge < -0.3 is 14.2 Å². The van der Waals surface area contributed by atoms with Gasteiger partial charge in [-0.2, -0.15) is 0 Å². The smallest absolute Gasteiger partial charge is 0.344 e. The summed E-state index contributed by atoms with van der Waals surface area (Å²) >= 11 is 1.53. The molecule has 1 aromatic heterocycles. The number of ether oxygens (including phenoxy) is 3. The Morgan fingerprint density at radius 1 is 1.38 bits per heavy atom. The van der Waals surface area contributed by atoms with Crippen molar-refractivity contribution in [1.29, 1.82) is 0 Å². The number of aryl methyl sites for hydroxylation is 1. The highest BCUT2D eigenvalue weighted by atomic mass is 32.1. The molecular weight excluding hydrogens is 328 g/mol. The maximum Gasteiger partial charge on any atom is 0.344 e. The predicted molar refractivity (Wildman–Crippen MR) is 90.6 cm³/mol. The molecule has 1 aliphatic rings. The van der Waals surface area contributed by atoms with Gasteiger partial charge in [0.05, 0.1) is 12.2 Å². The summed E-state index contributed by atoms with van der Waals surface area (Å²) in [6, 6.07) is 7.16. The molecule has 0 bridgehead atoms. The second-order valence-corrected chi connectivity index (χ2v) is 6.14. The molecule has 5 nitrogen and oxygen atoms in total. The van der Waals surface area contributed by atoms with Crippen LogP contribution in [0.5, 0.6) is 11.5 Å². The average Bonchev–Trinajstić information content (AvgIpc) is 3.15. The number of hydrogen-bond donors (Lipinski definition) is 0. The fourth-order valence-corrected chi connectivity index (χ4v) is 3.05. The Balaban J connectivity index is 1.81. The third kappa shape index (κ3) is 3.33. The van der Waals surface area contributed by atoms with Crippen molar-refractivity contribution >= 4 is 29.2 Å². The van der Waals surface area contributed by atoms with Crippen LogP contribution in [0, 0.1) is 6.92 Å². The van der Waals surface area contributed by atoms with Crippen molar-refractivity contribution in [2.24, 2.45) is 0 Å². The van der Waals surface area contributed by atoms with E-state index in [9.17, 15) is 9.59 Å². The van der Waals surface area contributed by atoms with E-state index in [0.717, 1.165) is 10.4 Å². The largest absolute Gasteiger partial charge is 0.482 e. The first-order valence-corrected chi connectivity index (χ1v) is 8.37. The monoisotopic (exact) mass is 344 g/mol. The fraction of sp³-hybridized carbons (Fsp3) is 0.222. The third-order valence-corrected chi connectivity index (χ3v) is 4.24. The number of allylic oxidation sites excluding steroid dienone is 1. The Morgan fingerprint density at radius 3 is 2.92 bits per heavy atom. The van der Waals surface area contributed by atoms with Crippen LogP contribution in [0.4, 0.5) is 0 Å². The molecule has 0 amide bonds. The molecule has 0 fully saturated rings. The minimum Gasteiger partial charge on any atom is -0.482 e. The molecule has 0 atom stereocenters. The van der Waals surface area contributed by atoms with Crippen molar-refractivity contribution in [2.75, 3.05) is 13.2 Å². The van der Waals surface area contributed by atoms with Gasteiger partial charge in [-0.1, -0.05) is 6.07 Å². The van der Waals surface area contributed by atoms with Gasteiger partial charge in [-0.3, -0.25) is 4.79 Å². The molecular formula is C18H16O5S. The number of Topliss-reactive ketones (excluding diaryl/α,β-unsaturated/α-hetero) is 1. The van der Waals surface area contributed by atoms with E-state index in [1.54, 1.807) is 25.1 Å². The summed E-state index contributed by atoms with van der Waals surface area (Å²) in [5, 5.41) is 1.94. The lowest BCUT2D eigenvalue weighted by Gasteiger charge is -2.08. The highest BCUT2D eigenvalue weighted by molar-refractivity contribution is 7.10. The Bertz CT molecular complexity index is 805. The Hall–Kier alpha value is -2.60. The summed E-state index contributed by atoms with van der Waals surface area (Å²) in [6.45, 7) is 3.67. The van der Waals surface area contributed by atoms with Gasteiger partial charge in [0.25, 0.3) is 0 Å². The molecule has 0 saturated carbocycles. The first-order chi connectivity index (χ1) is 11.6. The average molecular weight is 344 g/mol. The summed E-state index contributed by atoms with van der Waals surface area (Å²) < 4.78 is 15.9. The molecule has 0 N–H and O–H groups in total. The molecule has 124 valence electrons. The van der Waals surface area contributed by atoms with Crippen molar-refractivity contribution in [3.8, 4) is 11.5 Å². The second-order valence-electron chi connectivity index (χ2n) is 5.16. The van der Waals surface area contributed by atoms with Crippen LogP contribution in [-0.2, 0) is 9.53 Å². The molecule has 0 unspecified atom stereocenters. The molecule has 1 aliphatic heterocycles. The van der Waals surface area contributed by atoms with Crippen LogP contribution in [-0.4, -0.2) is 25.0 Å². The topological polar surface area (TPSA) is 61.8 Å². The van der Waals surface area contributed by atoms with Crippen LogP contribution in [0.1, 0.15) is 27.7 Å². The number of carbonyl (C=O) groups excluding carboxylic acids is 2. The van der Waals surface area contributed by atoms with E-state index in [4.69, 9.17) is 14.2 Å². The molecule has 24 heavy (non-hydrogen) atoms. The maximum atomic E-state index is 12.5. The van der Waals surface area contributed by atoms with Gasteiger partial charge in [0, 0.05) is 17.0 Å². The van der Waals surface area contributed by atoms with E-state index < -0.39 is 5.97 Å². The lowest BCUT2D eigenvalue weighted by molar-refractivity contribution is -0.145. The number of benzene rings is 1. The number of thiophene rings is 1. The molecule has 0 radical (unpaired) electrons. The van der Waals surface area contributed by atoms with Crippen LogP contribution in [0.15, 0.2) is 35.4 Å². The van der Waals surface area contributed by atoms with Crippen molar-refractivity contribution in [3.63, 3.8) is 0 Å². The summed E-state index contributed by atoms with van der Waals surface area (Å²) in [6.07, 6.45) is 1.73. The van der Waals surface area contributed by atoms with E-state index in [-0.39, 0.29) is 18.1 Å². The van der Waals surface area contributed by atoms with Crippen molar-refractivity contribution < 1.29 is 23.8 Å². The molecule has 6 heteroatoms. The normalized spacial score (nSPS) is 14.4. The number of carbonyl (C=O) groups is 2. The molecule has 0 aliphatic carbocycles. The molecule has 0 spiro atoms. The van der Waals surface area contributed by atoms with E-state index in [1.165, 1.54) is 11.3 Å². The molecule has 0 saturated heterocycles. The second kappa shape index (κ2) is 6.88. The highest BCUT2D eigenvalue weighted by Gasteiger charge is 2.30. The van der Waals surface area contributed by atoms with Crippen molar-refractivity contribution in [2.45, 2.75) is 13.8 Å². The summed E-state index contributed by atoms with van der Waals surface area (Å²) in [4.78, 5) is 24.8. The van der Waals surface area contributed by atoms with Gasteiger partial charge in [-0.25, -0.2) is 4.79 Å². The third-order valence-electron chi connectivity index (χ3n) is 3.42. The van der Waals surface area contributed by atoms with Gasteiger partial charge in [0.15, 0.2) is 12.4 Å². The quantitative estimate of drug-likeness (QED) is 0.612. The summed E-state index contributed by atoms with van der Waals surface area (Å²) in [5.74, 6) is 0.614. The number of esters is 1. The number of ketones is 1. The number of rotatable bonds is 5. The van der Waals surface area contributed by atoms with Crippen LogP contribution in [0.2, 0.25) is 0 Å². The maximum absolute atomic E-state index is 12.5. The first-order valence-electron chi connectivity index (χ1n) is 7.49. The van der Waals surface area contributed by atoms with Gasteiger partial charge in [-0.05, 0) is 36.9 Å². The fourth-order valence-electron chi connectivity index (χ4n) is 2.41. The van der Waals surface area contributed by atoms with Crippen LogP contribution >= 0.6 is 11.3 Å². The van der Waals surface area contributed by atoms with Gasteiger partial charge >= 0.3 is 5.97 Å². The summed E-state index contributed by atoms with van der Waals surface area (Å²) in [5.41, 5.74) is 1.27. The molecule has 1 aromatic carbocycles. The van der Waals surface area contributed by atoms with Gasteiger partial charge in [-0.15, -0.1) is 11.3 Å². The lowest BCUT2D eigenvalue weighted by Crippen LogP contribution is -2.14. The predicted octanol–water partition coefficient (Wildman–Crippen LogP) is 3.61. The molecule has 2 aromatic rings. The summed E-state index contributed by atoms with van der Waals surface area (Å²) in [7, 11) is 0. The van der Waals surface area contributed by atoms with Crippen molar-refractivity contribution in [1.82, 2.24) is 0 Å². The Labute approximate surface area is 143 Å². The van der Waals surface area contributed by atoms with Crippen LogP contribution in [0.3, 0.4) is 0 Å². The highest BCUT2D eigenvalue weighted by Crippen LogP contribution is 2.37. The van der Waals surface area contributed by atoms with Gasteiger partial charge in [0.1, 0.15) is 11.5 Å².